The van der Waals surface area contributed by atoms with E-state index in [2.05, 4.69) is 24.9 Å². The summed E-state index contributed by atoms with van der Waals surface area (Å²) in [4.78, 5) is 6.77. The first kappa shape index (κ1) is 24.8. The molecule has 1 aliphatic rings. The molecular weight excluding hydrogens is 487 g/mol. The largest absolute Gasteiger partial charge is 0.573 e. The minimum Gasteiger partial charge on any atom is -0.492 e. The highest BCUT2D eigenvalue weighted by Crippen LogP contribution is 2.27. The Kier molecular flexibility index (Phi) is 7.13. The molecule has 4 aromatic rings. The van der Waals surface area contributed by atoms with Gasteiger partial charge in [-0.15, -0.1) is 13.2 Å². The van der Waals surface area contributed by atoms with Gasteiger partial charge in [0.2, 0.25) is 5.82 Å². The lowest BCUT2D eigenvalue weighted by Crippen LogP contribution is -2.25. The number of benzene rings is 2. The fraction of sp³-hybridized carbons (Fsp3) is 0.346. The lowest BCUT2D eigenvalue weighted by molar-refractivity contribution is -0.274. The van der Waals surface area contributed by atoms with E-state index in [9.17, 15) is 13.2 Å². The summed E-state index contributed by atoms with van der Waals surface area (Å²) in [7, 11) is 0. The van der Waals surface area contributed by atoms with Crippen molar-refractivity contribution in [1.29, 1.82) is 0 Å². The summed E-state index contributed by atoms with van der Waals surface area (Å²) in [5.74, 6) is 0.975. The topological polar surface area (TPSA) is 78.4 Å². The van der Waals surface area contributed by atoms with Crippen LogP contribution in [0.5, 0.6) is 11.5 Å². The molecule has 1 saturated heterocycles. The molecule has 8 nitrogen and oxygen atoms in total. The molecule has 0 unspecified atom stereocenters. The third kappa shape index (κ3) is 6.48. The van der Waals surface area contributed by atoms with Gasteiger partial charge >= 0.3 is 6.36 Å². The van der Waals surface area contributed by atoms with Gasteiger partial charge in [0, 0.05) is 17.8 Å². The van der Waals surface area contributed by atoms with Crippen LogP contribution in [-0.2, 0) is 6.54 Å². The van der Waals surface area contributed by atoms with Gasteiger partial charge in [-0.3, -0.25) is 9.58 Å². The molecule has 1 fully saturated rings. The molecule has 0 atom stereocenters. The van der Waals surface area contributed by atoms with Gasteiger partial charge in [0.25, 0.3) is 5.89 Å². The molecule has 194 valence electrons. The van der Waals surface area contributed by atoms with Crippen LogP contribution in [0.3, 0.4) is 0 Å². The van der Waals surface area contributed by atoms with Crippen LogP contribution in [0.2, 0.25) is 0 Å². The predicted octanol–water partition coefficient (Wildman–Crippen LogP) is 5.33. The van der Waals surface area contributed by atoms with Crippen LogP contribution >= 0.6 is 0 Å². The maximum atomic E-state index is 12.4. The number of nitrogens with zero attached hydrogens (tertiary/aromatic N) is 5. The van der Waals surface area contributed by atoms with Crippen molar-refractivity contribution in [2.75, 3.05) is 26.2 Å². The second-order valence-corrected chi connectivity index (χ2v) is 8.87. The van der Waals surface area contributed by atoms with E-state index in [1.54, 1.807) is 0 Å². The Morgan fingerprint density at radius 1 is 0.973 bits per heavy atom. The number of aryl methyl sites for hydroxylation is 1. The van der Waals surface area contributed by atoms with E-state index in [0.717, 1.165) is 36.6 Å². The number of likely N-dealkylation sites (tertiary alicyclic amines) is 1. The lowest BCUT2D eigenvalue weighted by Gasteiger charge is -2.15. The minimum atomic E-state index is -4.75. The summed E-state index contributed by atoms with van der Waals surface area (Å²) in [6.07, 6.45) is -2.20. The Labute approximate surface area is 211 Å². The summed E-state index contributed by atoms with van der Waals surface area (Å²) in [6, 6.07) is 15.1. The Hall–Kier alpha value is -3.86. The molecule has 11 heteroatoms. The number of halogens is 3. The van der Waals surface area contributed by atoms with Crippen molar-refractivity contribution in [3.8, 4) is 34.5 Å². The predicted molar refractivity (Wildman–Crippen MR) is 129 cm³/mol. The lowest BCUT2D eigenvalue weighted by atomic mass is 10.2. The molecule has 2 aromatic carbocycles. The molecule has 1 aliphatic heterocycles. The Balaban J connectivity index is 1.20. The van der Waals surface area contributed by atoms with E-state index in [-0.39, 0.29) is 17.5 Å². The van der Waals surface area contributed by atoms with E-state index in [1.807, 2.05) is 41.9 Å². The summed E-state index contributed by atoms with van der Waals surface area (Å²) >= 11 is 0. The molecule has 5 rings (SSSR count). The molecular formula is C26H26F3N5O3. The Morgan fingerprint density at radius 3 is 2.38 bits per heavy atom. The van der Waals surface area contributed by atoms with Gasteiger partial charge in [-0.1, -0.05) is 17.3 Å². The van der Waals surface area contributed by atoms with Crippen molar-refractivity contribution in [2.24, 2.45) is 0 Å². The zero-order valence-corrected chi connectivity index (χ0v) is 20.2. The Bertz CT molecular complexity index is 1310. The molecule has 0 bridgehead atoms. The molecule has 0 saturated carbocycles. The molecule has 0 spiro atoms. The van der Waals surface area contributed by atoms with Gasteiger partial charge in [-0.05, 0) is 80.9 Å². The summed E-state index contributed by atoms with van der Waals surface area (Å²) in [5.41, 5.74) is 2.98. The first-order valence-electron chi connectivity index (χ1n) is 12.0. The molecule has 37 heavy (non-hydrogen) atoms. The highest BCUT2D eigenvalue weighted by Gasteiger charge is 2.31. The standard InChI is InChI=1S/C26H26F3N5O3/c1-18-16-23(25-30-24(32-37-25)20-6-10-22(11-7-20)36-26(27,28)29)31-34(18)17-19-4-8-21(9-5-19)35-15-14-33-12-2-3-13-33/h4-11,16H,2-3,12-15,17H2,1H3. The zero-order chi connectivity index (χ0) is 25.8. The van der Waals surface area contributed by atoms with Crippen molar-refractivity contribution < 1.29 is 27.2 Å². The molecule has 0 radical (unpaired) electrons. The molecule has 3 heterocycles. The van der Waals surface area contributed by atoms with Crippen molar-refractivity contribution in [3.63, 3.8) is 0 Å². The monoisotopic (exact) mass is 513 g/mol. The number of alkyl halides is 3. The molecule has 2 aromatic heterocycles. The first-order chi connectivity index (χ1) is 17.8. The number of rotatable bonds is 9. The van der Waals surface area contributed by atoms with Crippen molar-refractivity contribution in [1.82, 2.24) is 24.8 Å². The van der Waals surface area contributed by atoms with Crippen LogP contribution in [0.4, 0.5) is 13.2 Å². The van der Waals surface area contributed by atoms with Gasteiger partial charge < -0.3 is 14.0 Å². The number of ether oxygens (including phenoxy) is 2. The van der Waals surface area contributed by atoms with Gasteiger partial charge in [0.05, 0.1) is 6.54 Å². The third-order valence-electron chi connectivity index (χ3n) is 6.10. The van der Waals surface area contributed by atoms with Crippen molar-refractivity contribution in [2.45, 2.75) is 32.7 Å². The number of hydrogen-bond donors (Lipinski definition) is 0. The molecule has 0 N–H and O–H groups in total. The minimum absolute atomic E-state index is 0.217. The van der Waals surface area contributed by atoms with E-state index < -0.39 is 6.36 Å². The van der Waals surface area contributed by atoms with Crippen LogP contribution in [0.1, 0.15) is 24.1 Å². The number of hydrogen-bond acceptors (Lipinski definition) is 7. The SMILES string of the molecule is Cc1cc(-c2nc(-c3ccc(OC(F)(F)F)cc3)no2)nn1Cc1ccc(OCCN2CCCC2)cc1. The van der Waals surface area contributed by atoms with E-state index in [4.69, 9.17) is 9.26 Å². The quantitative estimate of drug-likeness (QED) is 0.299. The second-order valence-electron chi connectivity index (χ2n) is 8.87. The van der Waals surface area contributed by atoms with E-state index >= 15 is 0 Å². The fourth-order valence-corrected chi connectivity index (χ4v) is 4.19. The van der Waals surface area contributed by atoms with E-state index in [0.29, 0.717) is 24.4 Å². The van der Waals surface area contributed by atoms with Crippen LogP contribution < -0.4 is 9.47 Å². The normalized spacial score (nSPS) is 14.3. The highest BCUT2D eigenvalue weighted by molar-refractivity contribution is 5.59. The highest BCUT2D eigenvalue weighted by atomic mass is 19.4. The van der Waals surface area contributed by atoms with Crippen molar-refractivity contribution in [3.05, 3.63) is 65.9 Å². The maximum absolute atomic E-state index is 12.4. The second kappa shape index (κ2) is 10.6. The van der Waals surface area contributed by atoms with Gasteiger partial charge in [-0.25, -0.2) is 0 Å². The van der Waals surface area contributed by atoms with Crippen LogP contribution in [0.25, 0.3) is 23.0 Å². The van der Waals surface area contributed by atoms with Crippen molar-refractivity contribution >= 4 is 0 Å². The first-order valence-corrected chi connectivity index (χ1v) is 12.0. The smallest absolute Gasteiger partial charge is 0.492 e. The molecule has 0 amide bonds. The summed E-state index contributed by atoms with van der Waals surface area (Å²) in [5, 5.41) is 8.53. The summed E-state index contributed by atoms with van der Waals surface area (Å²) < 4.78 is 54.0. The van der Waals surface area contributed by atoms with Gasteiger partial charge in [-0.2, -0.15) is 10.1 Å². The summed E-state index contributed by atoms with van der Waals surface area (Å²) in [6.45, 7) is 6.44. The van der Waals surface area contributed by atoms with Crippen LogP contribution in [0, 0.1) is 6.92 Å². The number of aromatic nitrogens is 4. The Morgan fingerprint density at radius 2 is 1.68 bits per heavy atom. The fourth-order valence-electron chi connectivity index (χ4n) is 4.19. The average molecular weight is 514 g/mol. The van der Waals surface area contributed by atoms with E-state index in [1.165, 1.54) is 37.1 Å². The molecule has 0 aliphatic carbocycles. The van der Waals surface area contributed by atoms with Gasteiger partial charge in [0.1, 0.15) is 18.1 Å². The maximum Gasteiger partial charge on any atom is 0.573 e. The third-order valence-corrected chi connectivity index (χ3v) is 6.10. The van der Waals surface area contributed by atoms with Crippen LogP contribution in [0.15, 0.2) is 59.1 Å². The van der Waals surface area contributed by atoms with Crippen LogP contribution in [-0.4, -0.2) is 57.4 Å². The average Bonchev–Trinajstić information content (AvgIpc) is 3.62. The zero-order valence-electron chi connectivity index (χ0n) is 20.2. The van der Waals surface area contributed by atoms with Gasteiger partial charge in [0.15, 0.2) is 5.69 Å².